The number of hydrogen-bond acceptors (Lipinski definition) is 3. The minimum absolute atomic E-state index is 0.233. The SMILES string of the molecule is COC(C(=O)Nc1n[nH]c(C)c1C)c1ccccc1. The molecule has 5 nitrogen and oxygen atoms in total. The number of benzene rings is 1. The van der Waals surface area contributed by atoms with Crippen LogP contribution in [0.2, 0.25) is 0 Å². The first-order chi connectivity index (χ1) is 9.13. The van der Waals surface area contributed by atoms with E-state index in [9.17, 15) is 4.79 Å². The van der Waals surface area contributed by atoms with Gasteiger partial charge in [-0.05, 0) is 19.4 Å². The van der Waals surface area contributed by atoms with Crippen molar-refractivity contribution in [1.29, 1.82) is 0 Å². The molecule has 100 valence electrons. The lowest BCUT2D eigenvalue weighted by atomic mass is 10.1. The van der Waals surface area contributed by atoms with E-state index < -0.39 is 6.10 Å². The van der Waals surface area contributed by atoms with Crippen LogP contribution in [0, 0.1) is 13.8 Å². The van der Waals surface area contributed by atoms with Crippen LogP contribution in [0.3, 0.4) is 0 Å². The van der Waals surface area contributed by atoms with Gasteiger partial charge < -0.3 is 10.1 Å². The second-order valence-electron chi connectivity index (χ2n) is 4.34. The van der Waals surface area contributed by atoms with E-state index in [1.54, 1.807) is 0 Å². The third kappa shape index (κ3) is 2.82. The molecule has 0 fully saturated rings. The van der Waals surface area contributed by atoms with Crippen molar-refractivity contribution in [2.45, 2.75) is 20.0 Å². The summed E-state index contributed by atoms with van der Waals surface area (Å²) in [4.78, 5) is 12.2. The molecule has 19 heavy (non-hydrogen) atoms. The molecule has 0 radical (unpaired) electrons. The summed E-state index contributed by atoms with van der Waals surface area (Å²) in [5.41, 5.74) is 2.67. The fraction of sp³-hybridized carbons (Fsp3) is 0.286. The van der Waals surface area contributed by atoms with Crippen LogP contribution in [0.1, 0.15) is 22.9 Å². The molecule has 1 atom stereocenters. The van der Waals surface area contributed by atoms with E-state index >= 15 is 0 Å². The smallest absolute Gasteiger partial charge is 0.259 e. The third-order valence-corrected chi connectivity index (χ3v) is 3.07. The lowest BCUT2D eigenvalue weighted by molar-refractivity contribution is -0.126. The predicted octanol–water partition coefficient (Wildman–Crippen LogP) is 2.35. The van der Waals surface area contributed by atoms with Crippen LogP contribution >= 0.6 is 0 Å². The number of rotatable bonds is 4. The first kappa shape index (κ1) is 13.3. The van der Waals surface area contributed by atoms with Gasteiger partial charge in [0.2, 0.25) is 0 Å². The Morgan fingerprint density at radius 3 is 2.53 bits per heavy atom. The number of methoxy groups -OCH3 is 1. The van der Waals surface area contributed by atoms with Gasteiger partial charge in [0.25, 0.3) is 5.91 Å². The van der Waals surface area contributed by atoms with E-state index in [1.807, 2.05) is 44.2 Å². The summed E-state index contributed by atoms with van der Waals surface area (Å²) in [7, 11) is 1.51. The second kappa shape index (κ2) is 5.67. The minimum atomic E-state index is -0.641. The van der Waals surface area contributed by atoms with Gasteiger partial charge in [0.1, 0.15) is 0 Å². The number of carbonyl (C=O) groups excluding carboxylic acids is 1. The van der Waals surface area contributed by atoms with Crippen LogP contribution in [0.5, 0.6) is 0 Å². The normalized spacial score (nSPS) is 12.2. The molecule has 1 aromatic heterocycles. The Labute approximate surface area is 112 Å². The lowest BCUT2D eigenvalue weighted by Gasteiger charge is -2.14. The highest BCUT2D eigenvalue weighted by Crippen LogP contribution is 2.20. The number of nitrogens with one attached hydrogen (secondary N) is 2. The number of nitrogens with zero attached hydrogens (tertiary/aromatic N) is 1. The summed E-state index contributed by atoms with van der Waals surface area (Å²) >= 11 is 0. The van der Waals surface area contributed by atoms with Gasteiger partial charge in [-0.25, -0.2) is 0 Å². The predicted molar refractivity (Wildman–Crippen MR) is 72.9 cm³/mol. The zero-order valence-electron chi connectivity index (χ0n) is 11.2. The molecule has 0 aliphatic heterocycles. The van der Waals surface area contributed by atoms with E-state index in [0.717, 1.165) is 16.8 Å². The highest BCUT2D eigenvalue weighted by Gasteiger charge is 2.21. The van der Waals surface area contributed by atoms with Crippen molar-refractivity contribution in [3.05, 3.63) is 47.2 Å². The summed E-state index contributed by atoms with van der Waals surface area (Å²) in [6.45, 7) is 3.81. The van der Waals surface area contributed by atoms with Crippen LogP contribution in [-0.4, -0.2) is 23.2 Å². The molecule has 0 saturated carbocycles. The number of hydrogen-bond donors (Lipinski definition) is 2. The van der Waals surface area contributed by atoms with Crippen LogP contribution in [-0.2, 0) is 9.53 Å². The Balaban J connectivity index is 2.16. The summed E-state index contributed by atoms with van der Waals surface area (Å²) in [5.74, 6) is 0.309. The molecule has 5 heteroatoms. The number of aromatic nitrogens is 2. The highest BCUT2D eigenvalue weighted by atomic mass is 16.5. The lowest BCUT2D eigenvalue weighted by Crippen LogP contribution is -2.23. The van der Waals surface area contributed by atoms with E-state index in [-0.39, 0.29) is 5.91 Å². The standard InChI is InChI=1S/C14H17N3O2/c1-9-10(2)16-17-13(9)15-14(18)12(19-3)11-7-5-4-6-8-11/h4-8,12H,1-3H3,(H2,15,16,17,18). The number of carbonyl (C=O) groups is 1. The van der Waals surface area contributed by atoms with Crippen molar-refractivity contribution in [3.63, 3.8) is 0 Å². The molecule has 1 amide bonds. The topological polar surface area (TPSA) is 67.0 Å². The van der Waals surface area contributed by atoms with Gasteiger partial charge in [-0.15, -0.1) is 0 Å². The molecule has 0 aliphatic carbocycles. The van der Waals surface area contributed by atoms with Crippen molar-refractivity contribution in [3.8, 4) is 0 Å². The molecule has 1 aromatic carbocycles. The van der Waals surface area contributed by atoms with Gasteiger partial charge in [0.05, 0.1) is 0 Å². The summed E-state index contributed by atoms with van der Waals surface area (Å²) < 4.78 is 5.27. The van der Waals surface area contributed by atoms with Gasteiger partial charge in [0.15, 0.2) is 11.9 Å². The van der Waals surface area contributed by atoms with Crippen LogP contribution in [0.4, 0.5) is 5.82 Å². The average Bonchev–Trinajstić information content (AvgIpc) is 2.73. The van der Waals surface area contributed by atoms with Gasteiger partial charge in [-0.1, -0.05) is 30.3 Å². The third-order valence-electron chi connectivity index (χ3n) is 3.07. The maximum Gasteiger partial charge on any atom is 0.259 e. The van der Waals surface area contributed by atoms with E-state index in [2.05, 4.69) is 15.5 Å². The molecule has 2 aromatic rings. The molecule has 0 saturated heterocycles. The van der Waals surface area contributed by atoms with Crippen molar-refractivity contribution in [2.24, 2.45) is 0 Å². The summed E-state index contributed by atoms with van der Waals surface area (Å²) in [6.07, 6.45) is -0.641. The Hall–Kier alpha value is -2.14. The molecule has 2 rings (SSSR count). The van der Waals surface area contributed by atoms with Gasteiger partial charge in [-0.2, -0.15) is 5.10 Å². The molecule has 0 spiro atoms. The number of ether oxygens (including phenoxy) is 1. The average molecular weight is 259 g/mol. The maximum absolute atomic E-state index is 12.2. The van der Waals surface area contributed by atoms with Gasteiger partial charge in [-0.3, -0.25) is 9.89 Å². The Morgan fingerprint density at radius 2 is 2.00 bits per heavy atom. The first-order valence-corrected chi connectivity index (χ1v) is 6.03. The quantitative estimate of drug-likeness (QED) is 0.885. The fourth-order valence-electron chi connectivity index (χ4n) is 1.81. The summed E-state index contributed by atoms with van der Waals surface area (Å²) in [6, 6.07) is 9.36. The molecule has 0 aliphatic rings. The monoisotopic (exact) mass is 259 g/mol. The number of anilines is 1. The van der Waals surface area contributed by atoms with Crippen LogP contribution in [0.25, 0.3) is 0 Å². The van der Waals surface area contributed by atoms with Crippen LogP contribution in [0.15, 0.2) is 30.3 Å². The molecule has 1 unspecified atom stereocenters. The number of aromatic amines is 1. The van der Waals surface area contributed by atoms with E-state index in [0.29, 0.717) is 5.82 Å². The molecule has 1 heterocycles. The summed E-state index contributed by atoms with van der Waals surface area (Å²) in [5, 5.41) is 9.66. The first-order valence-electron chi connectivity index (χ1n) is 6.03. The molecular formula is C14H17N3O2. The maximum atomic E-state index is 12.2. The van der Waals surface area contributed by atoms with Crippen molar-refractivity contribution in [2.75, 3.05) is 12.4 Å². The van der Waals surface area contributed by atoms with E-state index in [1.165, 1.54) is 7.11 Å². The molecule has 2 N–H and O–H groups in total. The largest absolute Gasteiger partial charge is 0.367 e. The molecular weight excluding hydrogens is 242 g/mol. The Bertz CT molecular complexity index is 563. The zero-order chi connectivity index (χ0) is 13.8. The van der Waals surface area contributed by atoms with Crippen molar-refractivity contribution in [1.82, 2.24) is 10.2 Å². The Morgan fingerprint density at radius 1 is 1.32 bits per heavy atom. The number of H-pyrrole nitrogens is 1. The zero-order valence-corrected chi connectivity index (χ0v) is 11.2. The second-order valence-corrected chi connectivity index (χ2v) is 4.34. The van der Waals surface area contributed by atoms with Crippen molar-refractivity contribution < 1.29 is 9.53 Å². The van der Waals surface area contributed by atoms with E-state index in [4.69, 9.17) is 4.74 Å². The number of amides is 1. The molecule has 0 bridgehead atoms. The van der Waals surface area contributed by atoms with Gasteiger partial charge in [0, 0.05) is 18.4 Å². The minimum Gasteiger partial charge on any atom is -0.367 e. The van der Waals surface area contributed by atoms with Gasteiger partial charge >= 0.3 is 0 Å². The van der Waals surface area contributed by atoms with Crippen molar-refractivity contribution >= 4 is 11.7 Å². The Kier molecular flexibility index (Phi) is 3.97. The fourth-order valence-corrected chi connectivity index (χ4v) is 1.81. The van der Waals surface area contributed by atoms with Crippen LogP contribution < -0.4 is 5.32 Å². The highest BCUT2D eigenvalue weighted by molar-refractivity contribution is 5.94. The number of aryl methyl sites for hydroxylation is 1.